The number of rotatable bonds is 5. The van der Waals surface area contributed by atoms with Crippen molar-refractivity contribution in [1.29, 1.82) is 0 Å². The van der Waals surface area contributed by atoms with E-state index in [1.807, 2.05) is 0 Å². The van der Waals surface area contributed by atoms with Crippen molar-refractivity contribution in [3.63, 3.8) is 0 Å². The Labute approximate surface area is 182 Å². The van der Waals surface area contributed by atoms with E-state index in [1.165, 1.54) is 19.1 Å². The zero-order valence-electron chi connectivity index (χ0n) is 16.9. The highest BCUT2D eigenvalue weighted by atomic mass is 35.5. The van der Waals surface area contributed by atoms with Gasteiger partial charge in [-0.15, -0.1) is 0 Å². The molecule has 0 bridgehead atoms. The fourth-order valence-corrected chi connectivity index (χ4v) is 4.01. The standard InChI is InChI=1S/C20H20ClNO9/c1-9(23)28-8-14-16(29-10(2)24)17(30-11(3)25)15(18(21)31-14)22-19(26)12-6-4-5-7-13(12)20(22)27/h4-7,14-18H,8H2,1-3H3/t14-,15-,16+,17-,18-/m1/s1. The van der Waals surface area contributed by atoms with Gasteiger partial charge in [-0.05, 0) is 12.1 Å². The van der Waals surface area contributed by atoms with Gasteiger partial charge in [-0.1, -0.05) is 23.7 Å². The van der Waals surface area contributed by atoms with Crippen LogP contribution in [-0.2, 0) is 33.3 Å². The molecule has 0 radical (unpaired) electrons. The lowest BCUT2D eigenvalue weighted by molar-refractivity contribution is -0.218. The zero-order valence-corrected chi connectivity index (χ0v) is 17.7. The topological polar surface area (TPSA) is 126 Å². The van der Waals surface area contributed by atoms with Gasteiger partial charge < -0.3 is 18.9 Å². The summed E-state index contributed by atoms with van der Waals surface area (Å²) in [4.78, 5) is 61.6. The molecule has 10 nitrogen and oxygen atoms in total. The minimum Gasteiger partial charge on any atom is -0.463 e. The molecule has 11 heteroatoms. The van der Waals surface area contributed by atoms with Gasteiger partial charge in [0.05, 0.1) is 11.1 Å². The first kappa shape index (κ1) is 22.7. The lowest BCUT2D eigenvalue weighted by Gasteiger charge is -2.45. The minimum absolute atomic E-state index is 0.156. The lowest BCUT2D eigenvalue weighted by Crippen LogP contribution is -2.65. The first-order valence-electron chi connectivity index (χ1n) is 9.36. The van der Waals surface area contributed by atoms with Gasteiger partial charge in [0.1, 0.15) is 18.8 Å². The molecule has 2 heterocycles. The van der Waals surface area contributed by atoms with Crippen molar-refractivity contribution in [2.75, 3.05) is 6.61 Å². The molecule has 2 amide bonds. The molecule has 5 atom stereocenters. The first-order valence-corrected chi connectivity index (χ1v) is 9.79. The second-order valence-corrected chi connectivity index (χ2v) is 7.42. The summed E-state index contributed by atoms with van der Waals surface area (Å²) in [6.07, 6.45) is -3.77. The SMILES string of the molecule is CC(=O)OC[C@H]1O[C@@H](Cl)[C@H](N2C(=O)c3ccccc3C2=O)[C@@H](OC(C)=O)[C@H]1OC(C)=O. The number of nitrogens with zero attached hydrogens (tertiary/aromatic N) is 1. The number of esters is 3. The molecule has 1 aromatic carbocycles. The van der Waals surface area contributed by atoms with E-state index in [4.69, 9.17) is 30.5 Å². The van der Waals surface area contributed by atoms with Crippen LogP contribution in [0, 0.1) is 0 Å². The highest BCUT2D eigenvalue weighted by Crippen LogP contribution is 2.36. The third-order valence-corrected chi connectivity index (χ3v) is 5.14. The van der Waals surface area contributed by atoms with E-state index in [0.717, 1.165) is 18.7 Å². The summed E-state index contributed by atoms with van der Waals surface area (Å²) >= 11 is 6.39. The summed E-state index contributed by atoms with van der Waals surface area (Å²) in [5, 5.41) is 0. The number of hydrogen-bond acceptors (Lipinski definition) is 9. The Morgan fingerprint density at radius 1 is 0.935 bits per heavy atom. The van der Waals surface area contributed by atoms with Crippen LogP contribution in [-0.4, -0.2) is 71.1 Å². The van der Waals surface area contributed by atoms with E-state index in [1.54, 1.807) is 12.1 Å². The molecular formula is C20H20ClNO9. The molecule has 1 aromatic rings. The van der Waals surface area contributed by atoms with Crippen LogP contribution in [0.2, 0.25) is 0 Å². The first-order chi connectivity index (χ1) is 14.6. The molecule has 1 saturated heterocycles. The predicted molar refractivity (Wildman–Crippen MR) is 103 cm³/mol. The summed E-state index contributed by atoms with van der Waals surface area (Å²) in [5.41, 5.74) is -1.04. The maximum Gasteiger partial charge on any atom is 0.303 e. The fraction of sp³-hybridized carbons (Fsp3) is 0.450. The second-order valence-electron chi connectivity index (χ2n) is 6.99. The average molecular weight is 454 g/mol. The predicted octanol–water partition coefficient (Wildman–Crippen LogP) is 1.04. The number of carbonyl (C=O) groups excluding carboxylic acids is 5. The largest absolute Gasteiger partial charge is 0.463 e. The highest BCUT2D eigenvalue weighted by molar-refractivity contribution is 6.24. The number of fused-ring (bicyclic) bond motifs is 1. The van der Waals surface area contributed by atoms with Crippen LogP contribution in [0.25, 0.3) is 0 Å². The summed E-state index contributed by atoms with van der Waals surface area (Å²) in [6.45, 7) is 3.05. The van der Waals surface area contributed by atoms with Crippen molar-refractivity contribution in [2.24, 2.45) is 0 Å². The Balaban J connectivity index is 2.01. The molecule has 31 heavy (non-hydrogen) atoms. The van der Waals surface area contributed by atoms with Crippen molar-refractivity contribution in [3.05, 3.63) is 35.4 Å². The summed E-state index contributed by atoms with van der Waals surface area (Å²) < 4.78 is 21.3. The van der Waals surface area contributed by atoms with Gasteiger partial charge in [0.2, 0.25) is 0 Å². The third kappa shape index (κ3) is 4.54. The van der Waals surface area contributed by atoms with E-state index >= 15 is 0 Å². The van der Waals surface area contributed by atoms with E-state index in [2.05, 4.69) is 0 Å². The molecule has 0 N–H and O–H groups in total. The van der Waals surface area contributed by atoms with Crippen molar-refractivity contribution >= 4 is 41.3 Å². The van der Waals surface area contributed by atoms with Gasteiger partial charge in [-0.2, -0.15) is 0 Å². The number of carbonyl (C=O) groups is 5. The Hall–Kier alpha value is -2.98. The number of amides is 2. The molecule has 0 aliphatic carbocycles. The molecular weight excluding hydrogens is 434 g/mol. The number of hydrogen-bond donors (Lipinski definition) is 0. The Morgan fingerprint density at radius 2 is 1.45 bits per heavy atom. The van der Waals surface area contributed by atoms with E-state index < -0.39 is 59.6 Å². The van der Waals surface area contributed by atoms with Gasteiger partial charge in [-0.3, -0.25) is 28.9 Å². The average Bonchev–Trinajstić information content (AvgIpc) is 2.93. The third-order valence-electron chi connectivity index (χ3n) is 4.78. The molecule has 0 aromatic heterocycles. The summed E-state index contributed by atoms with van der Waals surface area (Å²) in [7, 11) is 0. The van der Waals surface area contributed by atoms with Gasteiger partial charge in [0, 0.05) is 20.8 Å². The molecule has 166 valence electrons. The van der Waals surface area contributed by atoms with Gasteiger partial charge in [-0.25, -0.2) is 0 Å². The monoisotopic (exact) mass is 453 g/mol. The molecule has 1 fully saturated rings. The smallest absolute Gasteiger partial charge is 0.303 e. The molecule has 0 saturated carbocycles. The number of benzene rings is 1. The summed E-state index contributed by atoms with van der Waals surface area (Å²) in [6, 6.07) is 4.86. The Kier molecular flexibility index (Phi) is 6.61. The number of halogens is 1. The molecule has 2 aliphatic rings. The van der Waals surface area contributed by atoms with Crippen LogP contribution < -0.4 is 0 Å². The number of imide groups is 1. The molecule has 3 rings (SSSR count). The van der Waals surface area contributed by atoms with Crippen molar-refractivity contribution in [1.82, 2.24) is 4.90 Å². The maximum atomic E-state index is 13.0. The van der Waals surface area contributed by atoms with Crippen LogP contribution in [0.5, 0.6) is 0 Å². The van der Waals surface area contributed by atoms with Gasteiger partial charge >= 0.3 is 17.9 Å². The van der Waals surface area contributed by atoms with E-state index in [9.17, 15) is 24.0 Å². The molecule has 0 unspecified atom stereocenters. The van der Waals surface area contributed by atoms with E-state index in [-0.39, 0.29) is 17.7 Å². The second kappa shape index (κ2) is 9.03. The highest BCUT2D eigenvalue weighted by Gasteiger charge is 2.56. The Morgan fingerprint density at radius 3 is 1.94 bits per heavy atom. The molecule has 0 spiro atoms. The van der Waals surface area contributed by atoms with Crippen LogP contribution in [0.1, 0.15) is 41.5 Å². The maximum absolute atomic E-state index is 13.0. The van der Waals surface area contributed by atoms with Gasteiger partial charge in [0.15, 0.2) is 17.8 Å². The fourth-order valence-electron chi connectivity index (χ4n) is 3.62. The number of ether oxygens (including phenoxy) is 4. The van der Waals surface area contributed by atoms with Crippen molar-refractivity contribution in [3.8, 4) is 0 Å². The lowest BCUT2D eigenvalue weighted by atomic mass is 9.96. The normalized spacial score (nSPS) is 27.5. The minimum atomic E-state index is -1.36. The van der Waals surface area contributed by atoms with Crippen LogP contribution >= 0.6 is 11.6 Å². The van der Waals surface area contributed by atoms with Gasteiger partial charge in [0.25, 0.3) is 11.8 Å². The van der Waals surface area contributed by atoms with Crippen LogP contribution in [0.4, 0.5) is 0 Å². The quantitative estimate of drug-likeness (QED) is 0.278. The summed E-state index contributed by atoms with van der Waals surface area (Å²) in [5.74, 6) is -3.44. The van der Waals surface area contributed by atoms with Crippen molar-refractivity contribution in [2.45, 2.75) is 50.7 Å². The molecule has 2 aliphatic heterocycles. The number of alkyl halides is 1. The Bertz CT molecular complexity index is 898. The van der Waals surface area contributed by atoms with Crippen LogP contribution in [0.15, 0.2) is 24.3 Å². The van der Waals surface area contributed by atoms with E-state index in [0.29, 0.717) is 0 Å². The van der Waals surface area contributed by atoms with Crippen LogP contribution in [0.3, 0.4) is 0 Å². The zero-order chi connectivity index (χ0) is 22.9. The van der Waals surface area contributed by atoms with Crippen molar-refractivity contribution < 1.29 is 42.9 Å².